The largest absolute Gasteiger partial charge is 0.415 e. The number of carbonyl (C=O) groups excluding carboxylic acids is 2. The molecule has 0 saturated heterocycles. The predicted molar refractivity (Wildman–Crippen MR) is 90.6 cm³/mol. The van der Waals surface area contributed by atoms with Gasteiger partial charge in [0, 0.05) is 0 Å². The van der Waals surface area contributed by atoms with Crippen molar-refractivity contribution >= 4 is 43.3 Å². The van der Waals surface area contributed by atoms with E-state index in [1.54, 1.807) is 0 Å². The summed E-state index contributed by atoms with van der Waals surface area (Å²) in [7, 11) is -1.94. The number of fused-ring (bicyclic) bond motifs is 1. The van der Waals surface area contributed by atoms with Crippen LogP contribution < -0.4 is 0 Å². The van der Waals surface area contributed by atoms with Gasteiger partial charge in [-0.2, -0.15) is 0 Å². The molecular formula is C14H19Cl2N3O3Si. The first-order chi connectivity index (χ1) is 10.5. The van der Waals surface area contributed by atoms with E-state index in [0.29, 0.717) is 0 Å². The van der Waals surface area contributed by atoms with Crippen LogP contribution in [-0.4, -0.2) is 48.2 Å². The molecule has 6 nitrogen and oxygen atoms in total. The van der Waals surface area contributed by atoms with Crippen LogP contribution in [0.2, 0.25) is 28.4 Å². The molecule has 0 aliphatic carbocycles. The quantitative estimate of drug-likeness (QED) is 0.595. The fourth-order valence-corrected chi connectivity index (χ4v) is 3.14. The molecule has 23 heavy (non-hydrogen) atoms. The van der Waals surface area contributed by atoms with Gasteiger partial charge >= 0.3 is 0 Å². The molecule has 1 aromatic heterocycles. The van der Waals surface area contributed by atoms with Gasteiger partial charge in [0.1, 0.15) is 0 Å². The van der Waals surface area contributed by atoms with E-state index in [0.717, 1.165) is 4.90 Å². The van der Waals surface area contributed by atoms with Gasteiger partial charge in [0.05, 0.1) is 13.2 Å². The number of carbonyl (C=O) groups is 2. The van der Waals surface area contributed by atoms with Crippen LogP contribution in [-0.2, 0) is 4.43 Å². The lowest BCUT2D eigenvalue weighted by Gasteiger charge is -2.36. The second-order valence-corrected chi connectivity index (χ2v) is 12.4. The molecular weight excluding hydrogens is 357 g/mol. The molecule has 2 heterocycles. The summed E-state index contributed by atoms with van der Waals surface area (Å²) < 4.78 is 6.00. The molecule has 0 atom stereocenters. The Kier molecular flexibility index (Phi) is 4.88. The number of rotatable bonds is 4. The van der Waals surface area contributed by atoms with Gasteiger partial charge in [-0.25, -0.2) is 9.97 Å². The van der Waals surface area contributed by atoms with Crippen molar-refractivity contribution in [2.75, 3.05) is 13.2 Å². The number of hydrogen-bond donors (Lipinski definition) is 0. The minimum absolute atomic E-state index is 0.0547. The summed E-state index contributed by atoms with van der Waals surface area (Å²) >= 11 is 11.5. The number of nitrogens with zero attached hydrogens (tertiary/aromatic N) is 3. The van der Waals surface area contributed by atoms with Crippen LogP contribution >= 0.6 is 23.2 Å². The van der Waals surface area contributed by atoms with Crippen molar-refractivity contribution in [1.82, 2.24) is 14.9 Å². The predicted octanol–water partition coefficient (Wildman–Crippen LogP) is 3.40. The normalized spacial score (nSPS) is 15.3. The standard InChI is InChI=1S/C14H19Cl2N3O3Si/c1-14(2,3)23(4,5)22-7-6-19-12(20)8-9(13(19)21)18-11(16)10(15)17-8/h6-7H2,1-5H3. The van der Waals surface area contributed by atoms with E-state index in [9.17, 15) is 9.59 Å². The summed E-state index contributed by atoms with van der Waals surface area (Å²) in [5.74, 6) is -1.04. The molecule has 0 aromatic carbocycles. The van der Waals surface area contributed by atoms with Crippen LogP contribution in [0.1, 0.15) is 41.7 Å². The average molecular weight is 376 g/mol. The van der Waals surface area contributed by atoms with Gasteiger partial charge in [-0.05, 0) is 18.1 Å². The summed E-state index contributed by atoms with van der Waals surface area (Å²) in [6.07, 6.45) is 0. The van der Waals surface area contributed by atoms with E-state index in [4.69, 9.17) is 27.6 Å². The van der Waals surface area contributed by atoms with Crippen LogP contribution in [0.5, 0.6) is 0 Å². The Morgan fingerprint density at radius 3 is 1.87 bits per heavy atom. The molecule has 1 aliphatic rings. The zero-order valence-electron chi connectivity index (χ0n) is 13.7. The molecule has 0 N–H and O–H groups in total. The first-order valence-corrected chi connectivity index (χ1v) is 10.9. The van der Waals surface area contributed by atoms with E-state index in [-0.39, 0.29) is 39.9 Å². The van der Waals surface area contributed by atoms with Crippen molar-refractivity contribution in [2.45, 2.75) is 38.9 Å². The number of aromatic nitrogens is 2. The van der Waals surface area contributed by atoms with E-state index in [2.05, 4.69) is 43.8 Å². The van der Waals surface area contributed by atoms with Crippen LogP contribution in [0.3, 0.4) is 0 Å². The first kappa shape index (κ1) is 18.3. The third-order valence-electron chi connectivity index (χ3n) is 4.29. The third-order valence-corrected chi connectivity index (χ3v) is 9.46. The molecule has 9 heteroatoms. The lowest BCUT2D eigenvalue weighted by atomic mass is 10.2. The Morgan fingerprint density at radius 1 is 1.04 bits per heavy atom. The highest BCUT2D eigenvalue weighted by Gasteiger charge is 2.41. The molecule has 0 saturated carbocycles. The van der Waals surface area contributed by atoms with Crippen LogP contribution in [0, 0.1) is 0 Å². The minimum Gasteiger partial charge on any atom is -0.415 e. The van der Waals surface area contributed by atoms with Gasteiger partial charge in [-0.3, -0.25) is 14.5 Å². The molecule has 2 amide bonds. The van der Waals surface area contributed by atoms with Gasteiger partial charge in [0.2, 0.25) is 0 Å². The maximum atomic E-state index is 12.3. The monoisotopic (exact) mass is 375 g/mol. The van der Waals surface area contributed by atoms with Crippen molar-refractivity contribution in [2.24, 2.45) is 0 Å². The van der Waals surface area contributed by atoms with Gasteiger partial charge in [-0.1, -0.05) is 44.0 Å². The number of imide groups is 1. The number of hydrogen-bond acceptors (Lipinski definition) is 5. The smallest absolute Gasteiger partial charge is 0.281 e. The summed E-state index contributed by atoms with van der Waals surface area (Å²) in [4.78, 5) is 33.3. The van der Waals surface area contributed by atoms with E-state index in [1.807, 2.05) is 0 Å². The van der Waals surface area contributed by atoms with Gasteiger partial charge in [0.15, 0.2) is 30.0 Å². The van der Waals surface area contributed by atoms with Crippen LogP contribution in [0.25, 0.3) is 0 Å². The van der Waals surface area contributed by atoms with Crippen molar-refractivity contribution in [3.63, 3.8) is 0 Å². The van der Waals surface area contributed by atoms with Crippen molar-refractivity contribution in [3.8, 4) is 0 Å². The summed E-state index contributed by atoms with van der Waals surface area (Å²) in [6, 6.07) is 0. The molecule has 1 aliphatic heterocycles. The summed E-state index contributed by atoms with van der Waals surface area (Å²) in [5.41, 5.74) is -0.117. The van der Waals surface area contributed by atoms with Crippen LogP contribution in [0.15, 0.2) is 0 Å². The average Bonchev–Trinajstić information content (AvgIpc) is 2.63. The van der Waals surface area contributed by atoms with Crippen molar-refractivity contribution < 1.29 is 14.0 Å². The third kappa shape index (κ3) is 3.42. The lowest BCUT2D eigenvalue weighted by molar-refractivity contribution is 0.0624. The summed E-state index contributed by atoms with van der Waals surface area (Å²) in [5, 5.41) is -0.129. The Labute approximate surface area is 146 Å². The highest BCUT2D eigenvalue weighted by atomic mass is 35.5. The number of amides is 2. The molecule has 0 fully saturated rings. The Bertz CT molecular complexity index is 633. The Hall–Kier alpha value is -1.02. The van der Waals surface area contributed by atoms with Crippen molar-refractivity contribution in [3.05, 3.63) is 21.7 Å². The lowest BCUT2D eigenvalue weighted by Crippen LogP contribution is -2.43. The Morgan fingerprint density at radius 2 is 1.48 bits per heavy atom. The van der Waals surface area contributed by atoms with Gasteiger partial charge in [0.25, 0.3) is 11.8 Å². The second-order valence-electron chi connectivity index (χ2n) is 6.87. The number of halogens is 2. The zero-order chi connectivity index (χ0) is 17.6. The fraction of sp³-hybridized carbons (Fsp3) is 0.571. The van der Waals surface area contributed by atoms with E-state index < -0.39 is 20.1 Å². The maximum absolute atomic E-state index is 12.3. The zero-order valence-corrected chi connectivity index (χ0v) is 16.2. The highest BCUT2D eigenvalue weighted by molar-refractivity contribution is 6.74. The first-order valence-electron chi connectivity index (χ1n) is 7.19. The van der Waals surface area contributed by atoms with Gasteiger partial charge in [-0.15, -0.1) is 0 Å². The molecule has 1 aromatic rings. The SMILES string of the molecule is CC(C)(C)[Si](C)(C)OCCN1C(=O)c2nc(Cl)c(Cl)nc2C1=O. The minimum atomic E-state index is -1.94. The second kappa shape index (κ2) is 6.12. The van der Waals surface area contributed by atoms with E-state index in [1.165, 1.54) is 0 Å². The highest BCUT2D eigenvalue weighted by Crippen LogP contribution is 2.36. The molecule has 126 valence electrons. The molecule has 2 rings (SSSR count). The van der Waals surface area contributed by atoms with Gasteiger partial charge < -0.3 is 4.43 Å². The van der Waals surface area contributed by atoms with E-state index >= 15 is 0 Å². The Balaban J connectivity index is 2.09. The maximum Gasteiger partial charge on any atom is 0.281 e. The molecule has 0 spiro atoms. The fourth-order valence-electron chi connectivity index (χ4n) is 1.85. The molecule has 0 bridgehead atoms. The molecule has 0 radical (unpaired) electrons. The molecule has 0 unspecified atom stereocenters. The van der Waals surface area contributed by atoms with Crippen molar-refractivity contribution in [1.29, 1.82) is 0 Å². The topological polar surface area (TPSA) is 72.4 Å². The summed E-state index contributed by atoms with van der Waals surface area (Å²) in [6.45, 7) is 11.0. The van der Waals surface area contributed by atoms with Crippen LogP contribution in [0.4, 0.5) is 0 Å².